The largest absolute Gasteiger partial charge is 0.315 e. The van der Waals surface area contributed by atoms with E-state index >= 15 is 0 Å². The molecule has 1 amide bonds. The zero-order valence-electron chi connectivity index (χ0n) is 8.32. The molecule has 0 atom stereocenters. The second-order valence-electron chi connectivity index (χ2n) is 3.53. The van der Waals surface area contributed by atoms with E-state index in [-0.39, 0.29) is 11.7 Å². The minimum atomic E-state index is -0.319. The minimum Gasteiger partial charge on any atom is -0.315 e. The van der Waals surface area contributed by atoms with Gasteiger partial charge in [-0.3, -0.25) is 4.79 Å². The fraction of sp³-hybridized carbons (Fsp3) is 0.250. The number of hydrogen-bond donors (Lipinski definition) is 0. The van der Waals surface area contributed by atoms with Crippen molar-refractivity contribution in [2.24, 2.45) is 0 Å². The Kier molecular flexibility index (Phi) is 2.81. The number of halogens is 1. The lowest BCUT2D eigenvalue weighted by Gasteiger charge is -2.21. The summed E-state index contributed by atoms with van der Waals surface area (Å²) in [5.41, 5.74) is 0.531. The molecule has 0 saturated heterocycles. The van der Waals surface area contributed by atoms with Gasteiger partial charge in [0.2, 0.25) is 0 Å². The first-order valence-corrected chi connectivity index (χ1v) is 5.00. The Morgan fingerprint density at radius 2 is 2.00 bits per heavy atom. The van der Waals surface area contributed by atoms with E-state index in [9.17, 15) is 9.18 Å². The Hall–Kier alpha value is -1.64. The van der Waals surface area contributed by atoms with Gasteiger partial charge in [0.1, 0.15) is 5.82 Å². The molecule has 0 N–H and O–H groups in total. The third-order valence-electron chi connectivity index (χ3n) is 2.41. The molecule has 0 saturated carbocycles. The maximum Gasteiger partial charge on any atom is 0.257 e. The van der Waals surface area contributed by atoms with E-state index in [2.05, 4.69) is 0 Å². The molecule has 1 aromatic rings. The SMILES string of the molecule is O=C(c1ccc(F)cc1)N1C=CCCC1. The fourth-order valence-corrected chi connectivity index (χ4v) is 1.58. The van der Waals surface area contributed by atoms with E-state index in [4.69, 9.17) is 0 Å². The molecule has 78 valence electrons. The highest BCUT2D eigenvalue weighted by atomic mass is 19.1. The van der Waals surface area contributed by atoms with E-state index in [1.807, 2.05) is 6.08 Å². The maximum absolute atomic E-state index is 12.7. The van der Waals surface area contributed by atoms with Crippen LogP contribution in [-0.4, -0.2) is 17.4 Å². The summed E-state index contributed by atoms with van der Waals surface area (Å²) in [5, 5.41) is 0. The third-order valence-corrected chi connectivity index (χ3v) is 2.41. The van der Waals surface area contributed by atoms with Crippen LogP contribution in [0.3, 0.4) is 0 Å². The van der Waals surface area contributed by atoms with Gasteiger partial charge in [-0.05, 0) is 37.1 Å². The summed E-state index contributed by atoms with van der Waals surface area (Å²) in [6.45, 7) is 0.743. The van der Waals surface area contributed by atoms with Crippen molar-refractivity contribution in [2.45, 2.75) is 12.8 Å². The quantitative estimate of drug-likeness (QED) is 0.690. The van der Waals surface area contributed by atoms with Crippen LogP contribution < -0.4 is 0 Å². The predicted molar refractivity (Wildman–Crippen MR) is 55.8 cm³/mol. The van der Waals surface area contributed by atoms with E-state index in [1.54, 1.807) is 11.1 Å². The highest BCUT2D eigenvalue weighted by molar-refractivity contribution is 5.94. The van der Waals surface area contributed by atoms with Crippen molar-refractivity contribution < 1.29 is 9.18 Å². The molecule has 0 unspecified atom stereocenters. The molecule has 1 aliphatic rings. The number of carbonyl (C=O) groups is 1. The Morgan fingerprint density at radius 1 is 1.27 bits per heavy atom. The van der Waals surface area contributed by atoms with Gasteiger partial charge in [-0.2, -0.15) is 0 Å². The zero-order valence-corrected chi connectivity index (χ0v) is 8.32. The van der Waals surface area contributed by atoms with Gasteiger partial charge < -0.3 is 4.90 Å². The van der Waals surface area contributed by atoms with Crippen molar-refractivity contribution >= 4 is 5.91 Å². The van der Waals surface area contributed by atoms with Crippen molar-refractivity contribution in [2.75, 3.05) is 6.54 Å². The summed E-state index contributed by atoms with van der Waals surface area (Å²) in [6, 6.07) is 5.64. The summed E-state index contributed by atoms with van der Waals surface area (Å²) in [4.78, 5) is 13.5. The van der Waals surface area contributed by atoms with E-state index in [0.29, 0.717) is 5.56 Å². The summed E-state index contributed by atoms with van der Waals surface area (Å²) in [6.07, 6.45) is 5.79. The number of carbonyl (C=O) groups excluding carboxylic acids is 1. The van der Waals surface area contributed by atoms with Gasteiger partial charge in [0.05, 0.1) is 0 Å². The molecule has 0 aromatic heterocycles. The lowest BCUT2D eigenvalue weighted by atomic mass is 10.1. The Morgan fingerprint density at radius 3 is 2.60 bits per heavy atom. The van der Waals surface area contributed by atoms with Crippen molar-refractivity contribution in [1.29, 1.82) is 0 Å². The van der Waals surface area contributed by atoms with Crippen molar-refractivity contribution in [3.8, 4) is 0 Å². The first kappa shape index (κ1) is 9.90. The van der Waals surface area contributed by atoms with E-state index < -0.39 is 0 Å². The van der Waals surface area contributed by atoms with Crippen LogP contribution in [0.1, 0.15) is 23.2 Å². The number of nitrogens with zero attached hydrogens (tertiary/aromatic N) is 1. The smallest absolute Gasteiger partial charge is 0.257 e. The van der Waals surface area contributed by atoms with E-state index in [1.165, 1.54) is 24.3 Å². The number of benzene rings is 1. The van der Waals surface area contributed by atoms with Crippen LogP contribution in [0.4, 0.5) is 4.39 Å². The van der Waals surface area contributed by atoms with Gasteiger partial charge in [0, 0.05) is 18.3 Å². The van der Waals surface area contributed by atoms with Crippen LogP contribution in [0, 0.1) is 5.82 Å². The molecular weight excluding hydrogens is 193 g/mol. The molecule has 15 heavy (non-hydrogen) atoms. The number of hydrogen-bond acceptors (Lipinski definition) is 1. The molecule has 1 heterocycles. The normalized spacial score (nSPS) is 15.4. The van der Waals surface area contributed by atoms with Gasteiger partial charge in [0.15, 0.2) is 0 Å². The Balaban J connectivity index is 2.16. The van der Waals surface area contributed by atoms with Crippen LogP contribution in [0.5, 0.6) is 0 Å². The minimum absolute atomic E-state index is 0.0639. The summed E-state index contributed by atoms with van der Waals surface area (Å²) in [7, 11) is 0. The van der Waals surface area contributed by atoms with E-state index in [0.717, 1.165) is 19.4 Å². The molecule has 2 nitrogen and oxygen atoms in total. The first-order chi connectivity index (χ1) is 7.27. The standard InChI is InChI=1S/C12H12FNO/c13-11-6-4-10(5-7-11)12(15)14-8-2-1-3-9-14/h2,4-8H,1,3,9H2. The average Bonchev–Trinajstić information content (AvgIpc) is 2.30. The average molecular weight is 205 g/mol. The van der Waals surface area contributed by atoms with Crippen LogP contribution >= 0.6 is 0 Å². The molecule has 0 fully saturated rings. The molecule has 1 aliphatic heterocycles. The van der Waals surface area contributed by atoms with Crippen molar-refractivity contribution in [3.63, 3.8) is 0 Å². The molecule has 2 rings (SSSR count). The molecule has 3 heteroatoms. The second kappa shape index (κ2) is 4.26. The highest BCUT2D eigenvalue weighted by Crippen LogP contribution is 2.11. The van der Waals surface area contributed by atoms with Crippen LogP contribution in [0.15, 0.2) is 36.5 Å². The fourth-order valence-electron chi connectivity index (χ4n) is 1.58. The van der Waals surface area contributed by atoms with Gasteiger partial charge in [-0.15, -0.1) is 0 Å². The molecule has 0 aliphatic carbocycles. The van der Waals surface area contributed by atoms with Gasteiger partial charge >= 0.3 is 0 Å². The van der Waals surface area contributed by atoms with Crippen LogP contribution in [0.2, 0.25) is 0 Å². The van der Waals surface area contributed by atoms with Crippen LogP contribution in [-0.2, 0) is 0 Å². The molecule has 0 radical (unpaired) electrons. The third kappa shape index (κ3) is 2.24. The molecule has 1 aromatic carbocycles. The second-order valence-corrected chi connectivity index (χ2v) is 3.53. The molecular formula is C12H12FNO. The summed E-state index contributed by atoms with van der Waals surface area (Å²) >= 11 is 0. The van der Waals surface area contributed by atoms with Gasteiger partial charge in [-0.25, -0.2) is 4.39 Å². The van der Waals surface area contributed by atoms with Crippen molar-refractivity contribution in [1.82, 2.24) is 4.90 Å². The topological polar surface area (TPSA) is 20.3 Å². The lowest BCUT2D eigenvalue weighted by Crippen LogP contribution is -2.28. The first-order valence-electron chi connectivity index (χ1n) is 5.00. The molecule has 0 spiro atoms. The number of amides is 1. The number of rotatable bonds is 1. The number of allylic oxidation sites excluding steroid dienone is 1. The zero-order chi connectivity index (χ0) is 10.7. The summed E-state index contributed by atoms with van der Waals surface area (Å²) < 4.78 is 12.7. The maximum atomic E-state index is 12.7. The predicted octanol–water partition coefficient (Wildman–Crippen LogP) is 2.58. The Labute approximate surface area is 88.0 Å². The Bertz CT molecular complexity index is 383. The lowest BCUT2D eigenvalue weighted by molar-refractivity contribution is 0.0815. The van der Waals surface area contributed by atoms with Gasteiger partial charge in [0.25, 0.3) is 5.91 Å². The molecule has 0 bridgehead atoms. The van der Waals surface area contributed by atoms with Crippen LogP contribution in [0.25, 0.3) is 0 Å². The van der Waals surface area contributed by atoms with Crippen molar-refractivity contribution in [3.05, 3.63) is 47.9 Å². The highest BCUT2D eigenvalue weighted by Gasteiger charge is 2.14. The summed E-state index contributed by atoms with van der Waals surface area (Å²) in [5.74, 6) is -0.383. The van der Waals surface area contributed by atoms with Gasteiger partial charge in [-0.1, -0.05) is 6.08 Å². The monoisotopic (exact) mass is 205 g/mol.